The molecule has 0 aliphatic carbocycles. The molecule has 1 aromatic carbocycles. The Labute approximate surface area is 90.1 Å². The van der Waals surface area contributed by atoms with Crippen molar-refractivity contribution in [2.75, 3.05) is 0 Å². The fourth-order valence-corrected chi connectivity index (χ4v) is 1.61. The molecule has 0 saturated heterocycles. The highest BCUT2D eigenvalue weighted by Gasteiger charge is 2.17. The summed E-state index contributed by atoms with van der Waals surface area (Å²) in [6, 6.07) is 1.07. The molecular weight excluding hydrogens is 224 g/mol. The minimum atomic E-state index is -1.08. The lowest BCUT2D eigenvalue weighted by Gasteiger charge is -2.13. The number of halogens is 4. The van der Waals surface area contributed by atoms with Crippen LogP contribution in [0.4, 0.5) is 17.6 Å². The molecule has 0 saturated carbocycles. The van der Waals surface area contributed by atoms with Crippen molar-refractivity contribution in [2.24, 2.45) is 0 Å². The van der Waals surface area contributed by atoms with Gasteiger partial charge in [-0.15, -0.1) is 0 Å². The predicted molar refractivity (Wildman–Crippen MR) is 51.1 cm³/mol. The number of alkyl halides is 4. The minimum Gasteiger partial charge on any atom is -0.298 e. The van der Waals surface area contributed by atoms with Crippen LogP contribution in [0.5, 0.6) is 0 Å². The third-order valence-corrected chi connectivity index (χ3v) is 2.45. The molecular formula is C11H10F4O. The van der Waals surface area contributed by atoms with Gasteiger partial charge in [-0.2, -0.15) is 0 Å². The predicted octanol–water partition coefficient (Wildman–Crippen LogP) is 3.38. The molecule has 0 fully saturated rings. The third-order valence-electron chi connectivity index (χ3n) is 2.45. The zero-order valence-corrected chi connectivity index (χ0v) is 8.40. The second-order valence-electron chi connectivity index (χ2n) is 3.22. The summed E-state index contributed by atoms with van der Waals surface area (Å²) in [5.41, 5.74) is -0.860. The van der Waals surface area contributed by atoms with Crippen molar-refractivity contribution in [3.63, 3.8) is 0 Å². The monoisotopic (exact) mass is 234 g/mol. The standard InChI is InChI=1S/C11H10F4O/c12-2-7-1-8(3-13)10(5-15)11(6-16)9(7)4-14/h1,6H,2-5H2. The van der Waals surface area contributed by atoms with Crippen LogP contribution in [0.2, 0.25) is 0 Å². The average molecular weight is 234 g/mol. The molecule has 0 aliphatic rings. The third kappa shape index (κ3) is 2.08. The van der Waals surface area contributed by atoms with Crippen molar-refractivity contribution in [3.8, 4) is 0 Å². The van der Waals surface area contributed by atoms with Crippen LogP contribution in [-0.2, 0) is 26.7 Å². The van der Waals surface area contributed by atoms with Gasteiger partial charge in [-0.25, -0.2) is 17.6 Å². The van der Waals surface area contributed by atoms with E-state index in [2.05, 4.69) is 0 Å². The highest BCUT2D eigenvalue weighted by molar-refractivity contribution is 5.81. The Bertz CT molecular complexity index is 360. The molecule has 0 aliphatic heterocycles. The van der Waals surface area contributed by atoms with Gasteiger partial charge in [0.25, 0.3) is 0 Å². The van der Waals surface area contributed by atoms with Gasteiger partial charge in [0.05, 0.1) is 0 Å². The first-order valence-corrected chi connectivity index (χ1v) is 4.58. The summed E-state index contributed by atoms with van der Waals surface area (Å²) in [5.74, 6) is 0. The molecule has 0 amide bonds. The summed E-state index contributed by atoms with van der Waals surface area (Å²) in [6.07, 6.45) is 0.238. The molecule has 1 aromatic rings. The summed E-state index contributed by atoms with van der Waals surface area (Å²) >= 11 is 0. The fourth-order valence-electron chi connectivity index (χ4n) is 1.61. The van der Waals surface area contributed by atoms with E-state index in [0.29, 0.717) is 0 Å². The molecule has 1 nitrogen and oxygen atoms in total. The van der Waals surface area contributed by atoms with Gasteiger partial charge in [0.2, 0.25) is 0 Å². The lowest BCUT2D eigenvalue weighted by atomic mass is 9.94. The SMILES string of the molecule is O=Cc1c(CF)c(CF)cc(CF)c1CF. The molecule has 0 unspecified atom stereocenters. The fraction of sp³-hybridized carbons (Fsp3) is 0.364. The van der Waals surface area contributed by atoms with Crippen molar-refractivity contribution < 1.29 is 22.4 Å². The van der Waals surface area contributed by atoms with Crippen LogP contribution >= 0.6 is 0 Å². The quantitative estimate of drug-likeness (QED) is 0.563. The van der Waals surface area contributed by atoms with Crippen LogP contribution in [0.1, 0.15) is 32.6 Å². The lowest BCUT2D eigenvalue weighted by Crippen LogP contribution is -2.05. The number of carbonyl (C=O) groups excluding carboxylic acids is 1. The molecule has 0 heterocycles. The van der Waals surface area contributed by atoms with Gasteiger partial charge in [-0.05, 0) is 28.3 Å². The molecule has 0 bridgehead atoms. The molecule has 16 heavy (non-hydrogen) atoms. The summed E-state index contributed by atoms with van der Waals surface area (Å²) in [6.45, 7) is -4.18. The number of benzene rings is 1. The number of aldehydes is 1. The van der Waals surface area contributed by atoms with E-state index in [1.807, 2.05) is 0 Å². The minimum absolute atomic E-state index is 0.102. The molecule has 1 rings (SSSR count). The van der Waals surface area contributed by atoms with Crippen molar-refractivity contribution in [3.05, 3.63) is 33.9 Å². The van der Waals surface area contributed by atoms with Crippen molar-refractivity contribution in [1.29, 1.82) is 0 Å². The topological polar surface area (TPSA) is 17.1 Å². The van der Waals surface area contributed by atoms with Gasteiger partial charge in [-0.1, -0.05) is 0 Å². The first kappa shape index (κ1) is 12.7. The van der Waals surface area contributed by atoms with Crippen LogP contribution in [-0.4, -0.2) is 6.29 Å². The smallest absolute Gasteiger partial charge is 0.150 e. The van der Waals surface area contributed by atoms with E-state index in [0.717, 1.165) is 6.07 Å². The zero-order valence-electron chi connectivity index (χ0n) is 8.40. The van der Waals surface area contributed by atoms with Crippen molar-refractivity contribution >= 4 is 6.29 Å². The highest BCUT2D eigenvalue weighted by Crippen LogP contribution is 2.26. The molecule has 0 spiro atoms. The summed E-state index contributed by atoms with van der Waals surface area (Å²) < 4.78 is 50.3. The molecule has 0 radical (unpaired) electrons. The largest absolute Gasteiger partial charge is 0.298 e. The molecule has 0 aromatic heterocycles. The summed E-state index contributed by atoms with van der Waals surface area (Å²) in [7, 11) is 0. The van der Waals surface area contributed by atoms with E-state index in [1.54, 1.807) is 0 Å². The second kappa shape index (κ2) is 5.63. The van der Waals surface area contributed by atoms with Crippen LogP contribution in [0.3, 0.4) is 0 Å². The van der Waals surface area contributed by atoms with Gasteiger partial charge in [0.15, 0.2) is 6.29 Å². The maximum atomic E-state index is 12.6. The second-order valence-corrected chi connectivity index (χ2v) is 3.22. The maximum Gasteiger partial charge on any atom is 0.150 e. The average Bonchev–Trinajstić information content (AvgIpc) is 2.35. The molecule has 88 valence electrons. The van der Waals surface area contributed by atoms with Crippen molar-refractivity contribution in [1.82, 2.24) is 0 Å². The molecule has 0 N–H and O–H groups in total. The zero-order chi connectivity index (χ0) is 12.1. The number of hydrogen-bond acceptors (Lipinski definition) is 1. The van der Waals surface area contributed by atoms with Gasteiger partial charge >= 0.3 is 0 Å². The Morgan fingerprint density at radius 1 is 0.875 bits per heavy atom. The number of carbonyl (C=O) groups is 1. The van der Waals surface area contributed by atoms with E-state index in [9.17, 15) is 22.4 Å². The van der Waals surface area contributed by atoms with E-state index in [4.69, 9.17) is 0 Å². The van der Waals surface area contributed by atoms with E-state index < -0.39 is 26.7 Å². The Balaban J connectivity index is 3.54. The number of rotatable bonds is 5. The van der Waals surface area contributed by atoms with Crippen LogP contribution in [0.15, 0.2) is 6.07 Å². The molecule has 5 heteroatoms. The van der Waals surface area contributed by atoms with Gasteiger partial charge in [0.1, 0.15) is 26.7 Å². The van der Waals surface area contributed by atoms with Gasteiger partial charge in [0, 0.05) is 5.56 Å². The van der Waals surface area contributed by atoms with Crippen molar-refractivity contribution in [2.45, 2.75) is 26.7 Å². The lowest BCUT2D eigenvalue weighted by molar-refractivity contribution is 0.111. The Kier molecular flexibility index (Phi) is 4.46. The first-order valence-electron chi connectivity index (χ1n) is 4.58. The Morgan fingerprint density at radius 2 is 1.31 bits per heavy atom. The Morgan fingerprint density at radius 3 is 1.56 bits per heavy atom. The Hall–Kier alpha value is -1.39. The van der Waals surface area contributed by atoms with Gasteiger partial charge < -0.3 is 0 Å². The number of hydrogen-bond donors (Lipinski definition) is 0. The molecule has 0 atom stereocenters. The highest BCUT2D eigenvalue weighted by atomic mass is 19.1. The maximum absolute atomic E-state index is 12.6. The van der Waals surface area contributed by atoms with Gasteiger partial charge in [-0.3, -0.25) is 4.79 Å². The first-order chi connectivity index (χ1) is 7.73. The van der Waals surface area contributed by atoms with E-state index >= 15 is 0 Å². The van der Waals surface area contributed by atoms with E-state index in [1.165, 1.54) is 0 Å². The van der Waals surface area contributed by atoms with E-state index in [-0.39, 0.29) is 34.1 Å². The summed E-state index contributed by atoms with van der Waals surface area (Å²) in [4.78, 5) is 10.7. The van der Waals surface area contributed by atoms with Crippen LogP contribution in [0, 0.1) is 0 Å². The summed E-state index contributed by atoms with van der Waals surface area (Å²) in [5, 5.41) is 0. The normalized spacial score (nSPS) is 10.5. The van der Waals surface area contributed by atoms with Crippen LogP contribution < -0.4 is 0 Å². The van der Waals surface area contributed by atoms with Crippen LogP contribution in [0.25, 0.3) is 0 Å².